The molecule has 2 rings (SSSR count). The van der Waals surface area contributed by atoms with E-state index >= 15 is 0 Å². The number of ether oxygens (including phenoxy) is 1. The first-order valence-corrected chi connectivity index (χ1v) is 6.35. The fraction of sp³-hybridized carbons (Fsp3) is 0.267. The number of nitrogens with zero attached hydrogens (tertiary/aromatic N) is 1. The number of pyridine rings is 1. The Hall–Kier alpha value is -2.08. The lowest BCUT2D eigenvalue weighted by atomic mass is 10.1. The maximum atomic E-state index is 12.6. The molecule has 112 valence electrons. The number of alkyl halides is 3. The van der Waals surface area contributed by atoms with E-state index in [0.29, 0.717) is 6.54 Å². The smallest absolute Gasteiger partial charge is 0.375 e. The number of methoxy groups -OCH3 is 1. The summed E-state index contributed by atoms with van der Waals surface area (Å²) in [4.78, 5) is 3.89. The van der Waals surface area contributed by atoms with E-state index in [2.05, 4.69) is 10.3 Å². The number of anilines is 1. The monoisotopic (exact) mass is 296 g/mol. The predicted octanol–water partition coefficient (Wildman–Crippen LogP) is 3.90. The van der Waals surface area contributed by atoms with Gasteiger partial charge in [0, 0.05) is 19.9 Å². The fourth-order valence-corrected chi connectivity index (χ4v) is 1.91. The molecule has 0 aliphatic heterocycles. The summed E-state index contributed by atoms with van der Waals surface area (Å²) in [7, 11) is 1.55. The van der Waals surface area contributed by atoms with Gasteiger partial charge in [-0.1, -0.05) is 30.3 Å². The van der Waals surface area contributed by atoms with Crippen molar-refractivity contribution in [1.29, 1.82) is 0 Å². The van der Waals surface area contributed by atoms with E-state index in [-0.39, 0.29) is 11.9 Å². The molecule has 1 unspecified atom stereocenters. The molecular formula is C15H15F3N2O. The molecule has 1 aromatic heterocycles. The number of benzene rings is 1. The minimum atomic E-state index is -4.38. The molecule has 21 heavy (non-hydrogen) atoms. The third-order valence-corrected chi connectivity index (χ3v) is 3.01. The normalized spacial score (nSPS) is 13.0. The first-order valence-electron chi connectivity index (χ1n) is 6.35. The van der Waals surface area contributed by atoms with Crippen LogP contribution in [0.25, 0.3) is 0 Å². The van der Waals surface area contributed by atoms with Gasteiger partial charge in [-0.15, -0.1) is 0 Å². The van der Waals surface area contributed by atoms with Crippen molar-refractivity contribution in [3.63, 3.8) is 0 Å². The largest absolute Gasteiger partial charge is 0.416 e. The van der Waals surface area contributed by atoms with Crippen LogP contribution >= 0.6 is 0 Å². The Balaban J connectivity index is 2.05. The maximum Gasteiger partial charge on any atom is 0.416 e. The average molecular weight is 296 g/mol. The van der Waals surface area contributed by atoms with Gasteiger partial charge in [-0.2, -0.15) is 13.2 Å². The van der Waals surface area contributed by atoms with Gasteiger partial charge >= 0.3 is 6.18 Å². The van der Waals surface area contributed by atoms with Crippen LogP contribution in [0, 0.1) is 0 Å². The van der Waals surface area contributed by atoms with E-state index in [4.69, 9.17) is 4.74 Å². The lowest BCUT2D eigenvalue weighted by molar-refractivity contribution is -0.137. The van der Waals surface area contributed by atoms with Crippen LogP contribution < -0.4 is 5.32 Å². The van der Waals surface area contributed by atoms with Crippen LogP contribution in [0.1, 0.15) is 17.2 Å². The van der Waals surface area contributed by atoms with Crippen molar-refractivity contribution in [2.24, 2.45) is 0 Å². The van der Waals surface area contributed by atoms with Gasteiger partial charge in [0.1, 0.15) is 5.82 Å². The molecule has 6 heteroatoms. The first kappa shape index (κ1) is 15.3. The molecule has 0 radical (unpaired) electrons. The van der Waals surface area contributed by atoms with Crippen LogP contribution in [0.3, 0.4) is 0 Å². The quantitative estimate of drug-likeness (QED) is 0.908. The second-order valence-electron chi connectivity index (χ2n) is 4.44. The molecule has 0 amide bonds. The van der Waals surface area contributed by atoms with Crippen LogP contribution in [0.5, 0.6) is 0 Å². The molecule has 0 aliphatic rings. The van der Waals surface area contributed by atoms with Gasteiger partial charge in [0.25, 0.3) is 0 Å². The molecule has 0 fully saturated rings. The molecule has 0 aliphatic carbocycles. The number of hydrogen-bond donors (Lipinski definition) is 1. The molecule has 0 bridgehead atoms. The van der Waals surface area contributed by atoms with E-state index < -0.39 is 11.7 Å². The maximum absolute atomic E-state index is 12.6. The molecule has 1 N–H and O–H groups in total. The van der Waals surface area contributed by atoms with Crippen LogP contribution in [-0.2, 0) is 10.9 Å². The van der Waals surface area contributed by atoms with Crippen LogP contribution in [0.2, 0.25) is 0 Å². The van der Waals surface area contributed by atoms with E-state index in [1.165, 1.54) is 0 Å². The summed E-state index contributed by atoms with van der Waals surface area (Å²) in [6.45, 7) is 0.328. The van der Waals surface area contributed by atoms with Crippen molar-refractivity contribution >= 4 is 5.82 Å². The van der Waals surface area contributed by atoms with Crippen molar-refractivity contribution in [2.45, 2.75) is 12.3 Å². The van der Waals surface area contributed by atoms with Crippen molar-refractivity contribution < 1.29 is 17.9 Å². The highest BCUT2D eigenvalue weighted by molar-refractivity contribution is 5.39. The summed E-state index contributed by atoms with van der Waals surface area (Å²) in [5.74, 6) is 0.169. The summed E-state index contributed by atoms with van der Waals surface area (Å²) < 4.78 is 43.2. The second-order valence-corrected chi connectivity index (χ2v) is 4.44. The number of halogens is 3. The highest BCUT2D eigenvalue weighted by Gasteiger charge is 2.30. The standard InChI is InChI=1S/C15H15F3N2O/c1-21-13(11-5-3-2-4-6-11)10-20-14-9-12(7-8-19-14)15(16,17)18/h2-9,13H,10H2,1H3,(H,19,20). The minimum Gasteiger partial charge on any atom is -0.375 e. The summed E-state index contributed by atoms with van der Waals surface area (Å²) in [5, 5.41) is 2.87. The Morgan fingerprint density at radius 3 is 2.52 bits per heavy atom. The van der Waals surface area contributed by atoms with E-state index in [0.717, 1.165) is 23.9 Å². The van der Waals surface area contributed by atoms with Crippen LogP contribution in [-0.4, -0.2) is 18.6 Å². The van der Waals surface area contributed by atoms with Crippen molar-refractivity contribution in [3.8, 4) is 0 Å². The Bertz CT molecular complexity index is 573. The fourth-order valence-electron chi connectivity index (χ4n) is 1.91. The van der Waals surface area contributed by atoms with Gasteiger partial charge in [-0.05, 0) is 17.7 Å². The topological polar surface area (TPSA) is 34.1 Å². The minimum absolute atomic E-state index is 0.169. The van der Waals surface area contributed by atoms with Crippen molar-refractivity contribution in [2.75, 3.05) is 19.0 Å². The first-order chi connectivity index (χ1) is 10.0. The van der Waals surface area contributed by atoms with E-state index in [1.54, 1.807) is 7.11 Å². The van der Waals surface area contributed by atoms with Crippen LogP contribution in [0.4, 0.5) is 19.0 Å². The second kappa shape index (κ2) is 6.58. The molecule has 0 saturated heterocycles. The molecular weight excluding hydrogens is 281 g/mol. The Morgan fingerprint density at radius 1 is 1.19 bits per heavy atom. The number of rotatable bonds is 5. The lowest BCUT2D eigenvalue weighted by Gasteiger charge is -2.17. The lowest BCUT2D eigenvalue weighted by Crippen LogP contribution is -2.15. The molecule has 1 atom stereocenters. The van der Waals surface area contributed by atoms with Gasteiger partial charge in [-0.3, -0.25) is 0 Å². The average Bonchev–Trinajstić information content (AvgIpc) is 2.48. The van der Waals surface area contributed by atoms with Crippen molar-refractivity contribution in [1.82, 2.24) is 4.98 Å². The Morgan fingerprint density at radius 2 is 1.90 bits per heavy atom. The summed E-state index contributed by atoms with van der Waals surface area (Å²) in [6.07, 6.45) is -3.50. The Kier molecular flexibility index (Phi) is 4.80. The van der Waals surface area contributed by atoms with Gasteiger partial charge in [0.2, 0.25) is 0 Å². The van der Waals surface area contributed by atoms with E-state index in [1.807, 2.05) is 30.3 Å². The number of aromatic nitrogens is 1. The van der Waals surface area contributed by atoms with Gasteiger partial charge in [0.15, 0.2) is 0 Å². The highest BCUT2D eigenvalue weighted by Crippen LogP contribution is 2.30. The zero-order valence-corrected chi connectivity index (χ0v) is 11.4. The SMILES string of the molecule is COC(CNc1cc(C(F)(F)F)ccn1)c1ccccc1. The summed E-state index contributed by atoms with van der Waals surface area (Å²) in [5.41, 5.74) is 0.216. The highest BCUT2D eigenvalue weighted by atomic mass is 19.4. The molecule has 0 spiro atoms. The molecule has 2 aromatic rings. The molecule has 1 aromatic carbocycles. The van der Waals surface area contributed by atoms with E-state index in [9.17, 15) is 13.2 Å². The molecule has 0 saturated carbocycles. The van der Waals surface area contributed by atoms with Gasteiger partial charge in [-0.25, -0.2) is 4.98 Å². The van der Waals surface area contributed by atoms with Crippen molar-refractivity contribution in [3.05, 3.63) is 59.8 Å². The van der Waals surface area contributed by atoms with Crippen LogP contribution in [0.15, 0.2) is 48.7 Å². The molecule has 1 heterocycles. The third-order valence-electron chi connectivity index (χ3n) is 3.01. The number of hydrogen-bond acceptors (Lipinski definition) is 3. The predicted molar refractivity (Wildman–Crippen MR) is 73.9 cm³/mol. The molecule has 3 nitrogen and oxygen atoms in total. The summed E-state index contributed by atoms with van der Waals surface area (Å²) in [6, 6.07) is 11.4. The zero-order valence-electron chi connectivity index (χ0n) is 11.4. The van der Waals surface area contributed by atoms with Gasteiger partial charge < -0.3 is 10.1 Å². The van der Waals surface area contributed by atoms with Gasteiger partial charge in [0.05, 0.1) is 11.7 Å². The third kappa shape index (κ3) is 4.19. The summed E-state index contributed by atoms with van der Waals surface area (Å²) >= 11 is 0. The zero-order chi connectivity index (χ0) is 15.3. The Labute approximate surface area is 120 Å². The number of nitrogens with one attached hydrogen (secondary N) is 1.